The van der Waals surface area contributed by atoms with Crippen LogP contribution >= 0.6 is 0 Å². The van der Waals surface area contributed by atoms with Crippen LogP contribution in [0.1, 0.15) is 24.0 Å². The second kappa shape index (κ2) is 7.59. The molecular weight excluding hydrogens is 352 g/mol. The minimum Gasteiger partial charge on any atom is -0.497 e. The number of benzene rings is 1. The van der Waals surface area contributed by atoms with Crippen LogP contribution in [0, 0.1) is 13.8 Å². The first kappa shape index (κ1) is 18.6. The molecule has 7 nitrogen and oxygen atoms in total. The maximum Gasteiger partial charge on any atom is 0.241 e. The molecule has 8 heteroatoms. The number of anilines is 1. The van der Waals surface area contributed by atoms with Gasteiger partial charge in [0.05, 0.1) is 12.0 Å². The Hall–Kier alpha value is -2.19. The zero-order valence-electron chi connectivity index (χ0n) is 15.3. The minimum absolute atomic E-state index is 0.182. The summed E-state index contributed by atoms with van der Waals surface area (Å²) in [4.78, 5) is 10.9. The molecule has 0 saturated carbocycles. The van der Waals surface area contributed by atoms with Crippen LogP contribution in [0.5, 0.6) is 5.75 Å². The van der Waals surface area contributed by atoms with Crippen LogP contribution < -0.4 is 14.4 Å². The zero-order valence-corrected chi connectivity index (χ0v) is 16.1. The van der Waals surface area contributed by atoms with E-state index in [0.29, 0.717) is 34.3 Å². The summed E-state index contributed by atoms with van der Waals surface area (Å²) in [5.41, 5.74) is 1.35. The average molecular weight is 376 g/mol. The summed E-state index contributed by atoms with van der Waals surface area (Å²) in [5, 5.41) is 0. The van der Waals surface area contributed by atoms with Crippen LogP contribution in [-0.2, 0) is 10.0 Å². The van der Waals surface area contributed by atoms with E-state index in [1.807, 2.05) is 4.90 Å². The summed E-state index contributed by atoms with van der Waals surface area (Å²) < 4.78 is 34.1. The first-order chi connectivity index (χ1) is 12.4. The molecule has 1 aromatic carbocycles. The molecule has 1 aliphatic heterocycles. The molecule has 0 amide bonds. The fourth-order valence-corrected chi connectivity index (χ4v) is 5.15. The Morgan fingerprint density at radius 2 is 1.85 bits per heavy atom. The molecule has 1 fully saturated rings. The topological polar surface area (TPSA) is 84.4 Å². The smallest absolute Gasteiger partial charge is 0.241 e. The van der Waals surface area contributed by atoms with Crippen molar-refractivity contribution in [2.24, 2.45) is 0 Å². The molecule has 0 bridgehead atoms. The standard InChI is InChI=1S/C18H24N4O3S/c1-13-10-16(25-3)11-14(2)17(13)26(23,24)21-15-6-4-9-22(12-15)18-19-7-5-8-20-18/h5,7-8,10-11,15,21H,4,6,9,12H2,1-3H3/t15-/m0/s1. The largest absolute Gasteiger partial charge is 0.497 e. The van der Waals surface area contributed by atoms with Gasteiger partial charge < -0.3 is 9.64 Å². The number of nitrogens with zero attached hydrogens (tertiary/aromatic N) is 3. The fourth-order valence-electron chi connectivity index (χ4n) is 3.44. The molecule has 1 aliphatic rings. The van der Waals surface area contributed by atoms with Gasteiger partial charge in [0.1, 0.15) is 5.75 Å². The number of methoxy groups -OCH3 is 1. The Balaban J connectivity index is 1.79. The highest BCUT2D eigenvalue weighted by Gasteiger charge is 2.28. The Kier molecular flexibility index (Phi) is 5.43. The van der Waals surface area contributed by atoms with E-state index in [4.69, 9.17) is 4.74 Å². The number of hydrogen-bond acceptors (Lipinski definition) is 6. The van der Waals surface area contributed by atoms with E-state index in [1.165, 1.54) is 0 Å². The lowest BCUT2D eigenvalue weighted by molar-refractivity contribution is 0.413. The van der Waals surface area contributed by atoms with Crippen molar-refractivity contribution < 1.29 is 13.2 Å². The second-order valence-corrected chi connectivity index (χ2v) is 8.20. The summed E-state index contributed by atoms with van der Waals surface area (Å²) in [6.07, 6.45) is 5.06. The van der Waals surface area contributed by atoms with Crippen LogP contribution in [0.15, 0.2) is 35.5 Å². The van der Waals surface area contributed by atoms with Crippen molar-refractivity contribution in [1.82, 2.24) is 14.7 Å². The monoisotopic (exact) mass is 376 g/mol. The normalized spacial score (nSPS) is 18.0. The van der Waals surface area contributed by atoms with Gasteiger partial charge in [0.15, 0.2) is 0 Å². The first-order valence-corrected chi connectivity index (χ1v) is 10.1. The van der Waals surface area contributed by atoms with Crippen LogP contribution in [0.4, 0.5) is 5.95 Å². The van der Waals surface area contributed by atoms with Crippen molar-refractivity contribution in [2.45, 2.75) is 37.6 Å². The number of piperidine rings is 1. The third-order valence-corrected chi connectivity index (χ3v) is 6.34. The Morgan fingerprint density at radius 3 is 2.46 bits per heavy atom. The van der Waals surface area contributed by atoms with Crippen molar-refractivity contribution in [3.63, 3.8) is 0 Å². The molecule has 2 aromatic rings. The van der Waals surface area contributed by atoms with E-state index in [1.54, 1.807) is 51.6 Å². The van der Waals surface area contributed by atoms with E-state index >= 15 is 0 Å². The van der Waals surface area contributed by atoms with E-state index < -0.39 is 10.0 Å². The fraction of sp³-hybridized carbons (Fsp3) is 0.444. The van der Waals surface area contributed by atoms with Gasteiger partial charge in [-0.2, -0.15) is 0 Å². The summed E-state index contributed by atoms with van der Waals surface area (Å²) in [6.45, 7) is 4.95. The molecule has 1 aromatic heterocycles. The highest BCUT2D eigenvalue weighted by molar-refractivity contribution is 7.89. The molecule has 1 atom stereocenters. The number of aryl methyl sites for hydroxylation is 2. The van der Waals surface area contributed by atoms with Crippen LogP contribution in [0.25, 0.3) is 0 Å². The van der Waals surface area contributed by atoms with Gasteiger partial charge in [-0.3, -0.25) is 0 Å². The van der Waals surface area contributed by atoms with Crippen molar-refractivity contribution in [2.75, 3.05) is 25.1 Å². The summed E-state index contributed by atoms with van der Waals surface area (Å²) in [6, 6.07) is 5.07. The van der Waals surface area contributed by atoms with Gasteiger partial charge in [0, 0.05) is 31.5 Å². The molecule has 0 unspecified atom stereocenters. The SMILES string of the molecule is COc1cc(C)c(S(=O)(=O)N[C@H]2CCCN(c3ncccn3)C2)c(C)c1. The third-order valence-electron chi connectivity index (χ3n) is 4.52. The van der Waals surface area contributed by atoms with Crippen LogP contribution in [0.3, 0.4) is 0 Å². The molecule has 0 spiro atoms. The average Bonchev–Trinajstić information content (AvgIpc) is 2.61. The molecule has 2 heterocycles. The number of ether oxygens (including phenoxy) is 1. The van der Waals surface area contributed by atoms with Crippen LogP contribution in [-0.4, -0.2) is 44.6 Å². The maximum atomic E-state index is 13.0. The van der Waals surface area contributed by atoms with Crippen molar-refractivity contribution >= 4 is 16.0 Å². The minimum atomic E-state index is -3.62. The Labute approximate surface area is 154 Å². The maximum absolute atomic E-state index is 13.0. The Bertz CT molecular complexity index is 848. The number of sulfonamides is 1. The van der Waals surface area contributed by atoms with Gasteiger partial charge in [-0.1, -0.05) is 0 Å². The van der Waals surface area contributed by atoms with Gasteiger partial charge in [-0.15, -0.1) is 0 Å². The molecule has 1 N–H and O–H groups in total. The lowest BCUT2D eigenvalue weighted by atomic mass is 10.1. The van der Waals surface area contributed by atoms with Crippen molar-refractivity contribution in [1.29, 1.82) is 0 Å². The van der Waals surface area contributed by atoms with E-state index in [2.05, 4.69) is 14.7 Å². The number of hydrogen-bond donors (Lipinski definition) is 1. The Morgan fingerprint density at radius 1 is 1.19 bits per heavy atom. The summed E-state index contributed by atoms with van der Waals surface area (Å²) in [5.74, 6) is 1.29. The predicted molar refractivity (Wildman–Crippen MR) is 100 cm³/mol. The molecule has 140 valence electrons. The molecule has 26 heavy (non-hydrogen) atoms. The number of nitrogens with one attached hydrogen (secondary N) is 1. The quantitative estimate of drug-likeness (QED) is 0.860. The van der Waals surface area contributed by atoms with Gasteiger partial charge in [-0.05, 0) is 56.0 Å². The number of aromatic nitrogens is 2. The lowest BCUT2D eigenvalue weighted by Crippen LogP contribution is -2.48. The van der Waals surface area contributed by atoms with Crippen molar-refractivity contribution in [3.8, 4) is 5.75 Å². The molecule has 0 radical (unpaired) electrons. The first-order valence-electron chi connectivity index (χ1n) is 8.60. The summed E-state index contributed by atoms with van der Waals surface area (Å²) in [7, 11) is -2.05. The van der Waals surface area contributed by atoms with Gasteiger partial charge in [0.25, 0.3) is 0 Å². The lowest BCUT2D eigenvalue weighted by Gasteiger charge is -2.33. The highest BCUT2D eigenvalue weighted by atomic mass is 32.2. The molecule has 3 rings (SSSR count). The predicted octanol–water partition coefficient (Wildman–Crippen LogP) is 2.05. The highest BCUT2D eigenvalue weighted by Crippen LogP contribution is 2.26. The second-order valence-electron chi connectivity index (χ2n) is 6.55. The van der Waals surface area contributed by atoms with E-state index in [0.717, 1.165) is 19.4 Å². The molecule has 0 aliphatic carbocycles. The zero-order chi connectivity index (χ0) is 18.7. The van der Waals surface area contributed by atoms with E-state index in [-0.39, 0.29) is 6.04 Å². The summed E-state index contributed by atoms with van der Waals surface area (Å²) >= 11 is 0. The molecule has 1 saturated heterocycles. The van der Waals surface area contributed by atoms with Gasteiger partial charge >= 0.3 is 0 Å². The third kappa shape index (κ3) is 3.96. The van der Waals surface area contributed by atoms with Gasteiger partial charge in [-0.25, -0.2) is 23.1 Å². The molecular formula is C18H24N4O3S. The van der Waals surface area contributed by atoms with E-state index in [9.17, 15) is 8.42 Å². The number of rotatable bonds is 5. The van der Waals surface area contributed by atoms with Crippen molar-refractivity contribution in [3.05, 3.63) is 41.7 Å². The van der Waals surface area contributed by atoms with Gasteiger partial charge in [0.2, 0.25) is 16.0 Å². The van der Waals surface area contributed by atoms with Crippen LogP contribution in [0.2, 0.25) is 0 Å².